The lowest BCUT2D eigenvalue weighted by Gasteiger charge is -2.04. The van der Waals surface area contributed by atoms with E-state index in [0.717, 1.165) is 16.4 Å². The molecule has 1 aromatic carbocycles. The molecule has 0 saturated carbocycles. The van der Waals surface area contributed by atoms with Crippen molar-refractivity contribution in [1.82, 2.24) is 19.5 Å². The minimum Gasteiger partial charge on any atom is -0.293 e. The Kier molecular flexibility index (Phi) is 3.98. The Bertz CT molecular complexity index is 1170. The molecule has 0 bridgehead atoms. The van der Waals surface area contributed by atoms with Crippen LogP contribution in [0.2, 0.25) is 0 Å². The molecule has 0 radical (unpaired) electrons. The Labute approximate surface area is 150 Å². The van der Waals surface area contributed by atoms with Gasteiger partial charge in [0.05, 0.1) is 40.1 Å². The number of rotatable bonds is 4. The zero-order chi connectivity index (χ0) is 18.1. The van der Waals surface area contributed by atoms with Gasteiger partial charge in [-0.1, -0.05) is 6.07 Å². The summed E-state index contributed by atoms with van der Waals surface area (Å²) in [7, 11) is 0. The average molecular weight is 365 g/mol. The van der Waals surface area contributed by atoms with Crippen LogP contribution in [0, 0.1) is 10.1 Å². The first kappa shape index (κ1) is 16.0. The van der Waals surface area contributed by atoms with Gasteiger partial charge < -0.3 is 0 Å². The summed E-state index contributed by atoms with van der Waals surface area (Å²) in [6.45, 7) is 0.266. The monoisotopic (exact) mass is 365 g/mol. The van der Waals surface area contributed by atoms with Crippen molar-refractivity contribution in [3.05, 3.63) is 80.5 Å². The van der Waals surface area contributed by atoms with Crippen LogP contribution < -0.4 is 5.56 Å². The minimum absolute atomic E-state index is 0.0957. The van der Waals surface area contributed by atoms with Crippen LogP contribution in [0.15, 0.2) is 59.1 Å². The van der Waals surface area contributed by atoms with Crippen LogP contribution >= 0.6 is 11.3 Å². The lowest BCUT2D eigenvalue weighted by Crippen LogP contribution is -2.21. The first-order chi connectivity index (χ1) is 12.6. The summed E-state index contributed by atoms with van der Waals surface area (Å²) in [5.41, 5.74) is 1.44. The molecule has 0 aliphatic rings. The average Bonchev–Trinajstić information content (AvgIpc) is 3.13. The number of fused-ring (bicyclic) bond motifs is 1. The molecule has 0 unspecified atom stereocenters. The Hall–Kier alpha value is -3.46. The maximum absolute atomic E-state index is 12.6. The topological polar surface area (TPSA) is 104 Å². The van der Waals surface area contributed by atoms with Crippen LogP contribution in [0.5, 0.6) is 0 Å². The van der Waals surface area contributed by atoms with Gasteiger partial charge in [-0.15, -0.1) is 11.3 Å². The van der Waals surface area contributed by atoms with Gasteiger partial charge in [0.2, 0.25) is 0 Å². The molecule has 3 heterocycles. The quantitative estimate of drug-likeness (QED) is 0.407. The fraction of sp³-hybridized carbons (Fsp3) is 0.0588. The van der Waals surface area contributed by atoms with Gasteiger partial charge in [0.1, 0.15) is 5.01 Å². The predicted molar refractivity (Wildman–Crippen MR) is 97.1 cm³/mol. The Morgan fingerprint density at radius 2 is 2.08 bits per heavy atom. The van der Waals surface area contributed by atoms with Crippen molar-refractivity contribution in [2.45, 2.75) is 6.54 Å². The van der Waals surface area contributed by atoms with Crippen molar-refractivity contribution in [3.8, 4) is 10.7 Å². The summed E-state index contributed by atoms with van der Waals surface area (Å²) in [6, 6.07) is 9.63. The molecule has 0 aliphatic carbocycles. The number of nitrogens with zero attached hydrogens (tertiary/aromatic N) is 5. The molecule has 8 nitrogen and oxygen atoms in total. The highest BCUT2D eigenvalue weighted by Crippen LogP contribution is 2.22. The van der Waals surface area contributed by atoms with E-state index in [4.69, 9.17) is 0 Å². The molecular formula is C17H11N5O3S. The molecule has 0 aliphatic heterocycles. The lowest BCUT2D eigenvalue weighted by molar-refractivity contribution is -0.384. The lowest BCUT2D eigenvalue weighted by atomic mass is 10.2. The first-order valence-corrected chi connectivity index (χ1v) is 8.49. The van der Waals surface area contributed by atoms with Crippen LogP contribution in [-0.4, -0.2) is 24.4 Å². The second-order valence-electron chi connectivity index (χ2n) is 5.50. The van der Waals surface area contributed by atoms with Gasteiger partial charge in [-0.25, -0.2) is 9.97 Å². The number of thiazole rings is 1. The van der Waals surface area contributed by atoms with Gasteiger partial charge in [-0.3, -0.25) is 24.5 Å². The van der Waals surface area contributed by atoms with Crippen LogP contribution in [0.1, 0.15) is 5.69 Å². The third kappa shape index (κ3) is 2.95. The number of pyridine rings is 1. The highest BCUT2D eigenvalue weighted by molar-refractivity contribution is 7.13. The smallest absolute Gasteiger partial charge is 0.271 e. The summed E-state index contributed by atoms with van der Waals surface area (Å²) in [4.78, 5) is 35.9. The zero-order valence-electron chi connectivity index (χ0n) is 13.3. The van der Waals surface area contributed by atoms with Gasteiger partial charge >= 0.3 is 0 Å². The Morgan fingerprint density at radius 3 is 2.85 bits per heavy atom. The summed E-state index contributed by atoms with van der Waals surface area (Å²) < 4.78 is 1.44. The van der Waals surface area contributed by atoms with Gasteiger partial charge in [0.15, 0.2) is 0 Å². The molecule has 9 heteroatoms. The summed E-state index contributed by atoms with van der Waals surface area (Å²) in [5, 5.41) is 13.8. The van der Waals surface area contributed by atoms with Crippen molar-refractivity contribution >= 4 is 27.9 Å². The molecule has 0 fully saturated rings. The van der Waals surface area contributed by atoms with Gasteiger partial charge in [-0.2, -0.15) is 0 Å². The van der Waals surface area contributed by atoms with Crippen molar-refractivity contribution in [1.29, 1.82) is 0 Å². The standard InChI is InChI=1S/C17H11N5O3S/c23-17-13-5-4-12(22(24)25)7-15(13)19-10-21(17)8-11-9-26-16(20-11)14-3-1-2-6-18-14/h1-7,9-10H,8H2. The fourth-order valence-corrected chi connectivity index (χ4v) is 3.32. The Morgan fingerprint density at radius 1 is 1.19 bits per heavy atom. The van der Waals surface area contributed by atoms with Crippen molar-refractivity contribution < 1.29 is 4.92 Å². The summed E-state index contributed by atoms with van der Waals surface area (Å²) in [5.74, 6) is 0. The van der Waals surface area contributed by atoms with Crippen LogP contribution in [0.4, 0.5) is 5.69 Å². The van der Waals surface area contributed by atoms with E-state index < -0.39 is 4.92 Å². The molecule has 0 amide bonds. The van der Waals surface area contributed by atoms with Crippen molar-refractivity contribution in [2.24, 2.45) is 0 Å². The number of non-ortho nitro benzene ring substituents is 1. The zero-order valence-corrected chi connectivity index (χ0v) is 14.1. The second-order valence-corrected chi connectivity index (χ2v) is 6.35. The number of benzene rings is 1. The molecule has 3 aromatic heterocycles. The number of hydrogen-bond donors (Lipinski definition) is 0. The highest BCUT2D eigenvalue weighted by Gasteiger charge is 2.12. The van der Waals surface area contributed by atoms with E-state index in [0.29, 0.717) is 10.9 Å². The van der Waals surface area contributed by atoms with E-state index in [1.54, 1.807) is 6.20 Å². The molecule has 0 saturated heterocycles. The third-order valence-electron chi connectivity index (χ3n) is 3.79. The SMILES string of the molecule is O=c1c2ccc([N+](=O)[O-])cc2ncn1Cc1csc(-c2ccccn2)n1. The molecule has 0 atom stereocenters. The predicted octanol–water partition coefficient (Wildman–Crippen LogP) is 2.87. The number of aromatic nitrogens is 4. The summed E-state index contributed by atoms with van der Waals surface area (Å²) in [6.07, 6.45) is 3.08. The molecule has 0 N–H and O–H groups in total. The van der Waals surface area contributed by atoms with Crippen molar-refractivity contribution in [2.75, 3.05) is 0 Å². The van der Waals surface area contributed by atoms with Crippen LogP contribution in [0.25, 0.3) is 21.6 Å². The molecule has 0 spiro atoms. The van der Waals surface area contributed by atoms with Gasteiger partial charge in [0, 0.05) is 23.7 Å². The number of nitro groups is 1. The molecule has 26 heavy (non-hydrogen) atoms. The fourth-order valence-electron chi connectivity index (χ4n) is 2.53. The largest absolute Gasteiger partial charge is 0.293 e. The van der Waals surface area contributed by atoms with E-state index in [-0.39, 0.29) is 17.8 Å². The minimum atomic E-state index is -0.513. The van der Waals surface area contributed by atoms with E-state index in [1.807, 2.05) is 23.6 Å². The third-order valence-corrected chi connectivity index (χ3v) is 4.70. The number of nitro benzene ring substituents is 1. The van der Waals surface area contributed by atoms with E-state index in [2.05, 4.69) is 15.0 Å². The van der Waals surface area contributed by atoms with Crippen molar-refractivity contribution in [3.63, 3.8) is 0 Å². The number of hydrogen-bond acceptors (Lipinski definition) is 7. The normalized spacial score (nSPS) is 10.9. The van der Waals surface area contributed by atoms with E-state index >= 15 is 0 Å². The molecule has 4 aromatic rings. The first-order valence-electron chi connectivity index (χ1n) is 7.61. The second kappa shape index (κ2) is 6.45. The van der Waals surface area contributed by atoms with E-state index in [9.17, 15) is 14.9 Å². The molecular weight excluding hydrogens is 354 g/mol. The van der Waals surface area contributed by atoms with Crippen LogP contribution in [-0.2, 0) is 6.54 Å². The van der Waals surface area contributed by atoms with Gasteiger partial charge in [-0.05, 0) is 18.2 Å². The maximum atomic E-state index is 12.6. The van der Waals surface area contributed by atoms with E-state index in [1.165, 1.54) is 40.4 Å². The summed E-state index contributed by atoms with van der Waals surface area (Å²) >= 11 is 1.45. The van der Waals surface area contributed by atoms with Gasteiger partial charge in [0.25, 0.3) is 11.2 Å². The Balaban J connectivity index is 1.67. The maximum Gasteiger partial charge on any atom is 0.271 e. The van der Waals surface area contributed by atoms with Crippen LogP contribution in [0.3, 0.4) is 0 Å². The molecule has 128 valence electrons. The molecule has 4 rings (SSSR count). The highest BCUT2D eigenvalue weighted by atomic mass is 32.1.